The lowest BCUT2D eigenvalue weighted by atomic mass is 9.97. The predicted octanol–water partition coefficient (Wildman–Crippen LogP) is 4.98. The Balaban J connectivity index is 1.72. The summed E-state index contributed by atoms with van der Waals surface area (Å²) in [5.41, 5.74) is 1.41. The van der Waals surface area contributed by atoms with Gasteiger partial charge < -0.3 is 0 Å². The zero-order chi connectivity index (χ0) is 22.9. The van der Waals surface area contributed by atoms with Crippen molar-refractivity contribution >= 4 is 38.9 Å². The minimum atomic E-state index is -3.84. The number of nitrogens with one attached hydrogen (secondary N) is 1. The molecule has 0 aliphatic carbocycles. The van der Waals surface area contributed by atoms with Crippen LogP contribution >= 0.6 is 11.6 Å². The van der Waals surface area contributed by atoms with E-state index < -0.39 is 21.9 Å². The molecule has 0 unspecified atom stereocenters. The van der Waals surface area contributed by atoms with E-state index in [1.165, 1.54) is 36.2 Å². The van der Waals surface area contributed by atoms with Crippen molar-refractivity contribution in [2.24, 2.45) is 5.10 Å². The lowest BCUT2D eigenvalue weighted by molar-refractivity contribution is -0.130. The number of para-hydroxylation sites is 1. The number of anilines is 1. The summed E-state index contributed by atoms with van der Waals surface area (Å²) in [6, 6.07) is 18.3. The van der Waals surface area contributed by atoms with Crippen LogP contribution in [0.25, 0.3) is 0 Å². The molecule has 164 valence electrons. The maximum absolute atomic E-state index is 14.6. The van der Waals surface area contributed by atoms with Crippen LogP contribution in [0.4, 0.5) is 10.1 Å². The van der Waals surface area contributed by atoms with Gasteiger partial charge in [-0.25, -0.2) is 17.8 Å². The Morgan fingerprint density at radius 3 is 2.44 bits per heavy atom. The van der Waals surface area contributed by atoms with E-state index in [9.17, 15) is 17.6 Å². The summed E-state index contributed by atoms with van der Waals surface area (Å²) in [5.74, 6) is -0.921. The Labute approximate surface area is 190 Å². The highest BCUT2D eigenvalue weighted by atomic mass is 35.5. The topological polar surface area (TPSA) is 78.8 Å². The molecule has 0 bridgehead atoms. The van der Waals surface area contributed by atoms with E-state index in [0.717, 1.165) is 0 Å². The molecule has 0 saturated heterocycles. The molecule has 1 atom stereocenters. The number of carbonyl (C=O) groups is 1. The first-order valence-corrected chi connectivity index (χ1v) is 11.6. The van der Waals surface area contributed by atoms with Crippen LogP contribution in [-0.4, -0.2) is 25.0 Å². The van der Waals surface area contributed by atoms with Crippen molar-refractivity contribution in [3.05, 3.63) is 94.8 Å². The molecule has 9 heteroatoms. The fourth-order valence-electron chi connectivity index (χ4n) is 3.64. The third-order valence-electron chi connectivity index (χ3n) is 5.10. The fourth-order valence-corrected chi connectivity index (χ4v) is 5.03. The highest BCUT2D eigenvalue weighted by Gasteiger charge is 2.35. The van der Waals surface area contributed by atoms with Crippen LogP contribution < -0.4 is 4.72 Å². The van der Waals surface area contributed by atoms with E-state index in [1.807, 2.05) is 0 Å². The number of hydrogen-bond donors (Lipinski definition) is 1. The molecule has 0 spiro atoms. The van der Waals surface area contributed by atoms with E-state index in [-0.39, 0.29) is 27.8 Å². The van der Waals surface area contributed by atoms with Gasteiger partial charge in [0.15, 0.2) is 0 Å². The monoisotopic (exact) mass is 471 g/mol. The minimum absolute atomic E-state index is 0.115. The van der Waals surface area contributed by atoms with Gasteiger partial charge in [-0.05, 0) is 30.3 Å². The first-order valence-electron chi connectivity index (χ1n) is 9.76. The first kappa shape index (κ1) is 22.0. The van der Waals surface area contributed by atoms with Crippen molar-refractivity contribution in [2.75, 3.05) is 4.72 Å². The molecular formula is C23H19ClFN3O3S. The smallest absolute Gasteiger partial charge is 0.261 e. The van der Waals surface area contributed by atoms with Gasteiger partial charge in [0.1, 0.15) is 5.82 Å². The number of hydrazone groups is 1. The highest BCUT2D eigenvalue weighted by molar-refractivity contribution is 7.92. The van der Waals surface area contributed by atoms with Gasteiger partial charge in [0.2, 0.25) is 5.91 Å². The Bertz CT molecular complexity index is 1290. The maximum Gasteiger partial charge on any atom is 0.261 e. The number of benzene rings is 3. The molecule has 0 fully saturated rings. The molecule has 0 aromatic heterocycles. The SMILES string of the molecule is CC(=O)N1N=C(c2ccccc2NS(=O)(=O)c2ccccc2)C[C@H]1c1c(F)cccc1Cl. The van der Waals surface area contributed by atoms with Gasteiger partial charge in [0.05, 0.1) is 22.3 Å². The van der Waals surface area contributed by atoms with Crippen LogP contribution in [0.5, 0.6) is 0 Å². The summed E-state index contributed by atoms with van der Waals surface area (Å²) in [6.45, 7) is 1.33. The van der Waals surface area contributed by atoms with Crippen LogP contribution in [0.2, 0.25) is 5.02 Å². The Morgan fingerprint density at radius 2 is 1.75 bits per heavy atom. The lowest BCUT2D eigenvalue weighted by Gasteiger charge is -2.21. The number of amides is 1. The van der Waals surface area contributed by atoms with Crippen molar-refractivity contribution in [2.45, 2.75) is 24.3 Å². The van der Waals surface area contributed by atoms with Gasteiger partial charge in [-0.3, -0.25) is 9.52 Å². The molecule has 6 nitrogen and oxygen atoms in total. The van der Waals surface area contributed by atoms with E-state index >= 15 is 0 Å². The zero-order valence-corrected chi connectivity index (χ0v) is 18.6. The number of halogens is 2. The Hall–Kier alpha value is -3.23. The van der Waals surface area contributed by atoms with E-state index in [4.69, 9.17) is 11.6 Å². The number of hydrogen-bond acceptors (Lipinski definition) is 4. The average molecular weight is 472 g/mol. The fraction of sp³-hybridized carbons (Fsp3) is 0.130. The van der Waals surface area contributed by atoms with Crippen molar-refractivity contribution in [1.82, 2.24) is 5.01 Å². The van der Waals surface area contributed by atoms with Crippen molar-refractivity contribution in [1.29, 1.82) is 0 Å². The number of sulfonamides is 1. The largest absolute Gasteiger partial charge is 0.279 e. The van der Waals surface area contributed by atoms with Crippen LogP contribution in [0, 0.1) is 5.82 Å². The van der Waals surface area contributed by atoms with E-state index in [2.05, 4.69) is 9.82 Å². The van der Waals surface area contributed by atoms with Gasteiger partial charge >= 0.3 is 0 Å². The van der Waals surface area contributed by atoms with Gasteiger partial charge in [0.25, 0.3) is 10.0 Å². The van der Waals surface area contributed by atoms with Crippen molar-refractivity contribution in [3.63, 3.8) is 0 Å². The van der Waals surface area contributed by atoms with Crippen molar-refractivity contribution < 1.29 is 17.6 Å². The summed E-state index contributed by atoms with van der Waals surface area (Å²) in [5, 5.41) is 5.77. The molecule has 0 saturated carbocycles. The summed E-state index contributed by atoms with van der Waals surface area (Å²) < 4.78 is 42.8. The standard InChI is InChI=1S/C23H19ClFN3O3S/c1-15(29)28-22(23-18(24)11-7-12-19(23)25)14-21(26-28)17-10-5-6-13-20(17)27-32(30,31)16-8-3-2-4-9-16/h2-13,22,27H,14H2,1H3/t22-/m0/s1. The molecule has 1 amide bonds. The second kappa shape index (κ2) is 8.72. The van der Waals surface area contributed by atoms with E-state index in [1.54, 1.807) is 48.5 Å². The molecule has 0 radical (unpaired) electrons. The van der Waals surface area contributed by atoms with E-state index in [0.29, 0.717) is 17.0 Å². The predicted molar refractivity (Wildman–Crippen MR) is 122 cm³/mol. The normalized spacial score (nSPS) is 16.0. The number of nitrogens with zero attached hydrogens (tertiary/aromatic N) is 2. The molecule has 1 heterocycles. The number of carbonyl (C=O) groups excluding carboxylic acids is 1. The molecule has 1 N–H and O–H groups in total. The lowest BCUT2D eigenvalue weighted by Crippen LogP contribution is -2.25. The van der Waals surface area contributed by atoms with Crippen LogP contribution in [0.1, 0.15) is 30.5 Å². The second-order valence-electron chi connectivity index (χ2n) is 7.23. The second-order valence-corrected chi connectivity index (χ2v) is 9.32. The van der Waals surface area contributed by atoms with Gasteiger partial charge in [0, 0.05) is 29.5 Å². The van der Waals surface area contributed by atoms with Crippen LogP contribution in [0.3, 0.4) is 0 Å². The molecule has 3 aromatic rings. The summed E-state index contributed by atoms with van der Waals surface area (Å²) in [4.78, 5) is 12.4. The van der Waals surface area contributed by atoms with Gasteiger partial charge in [-0.1, -0.05) is 54.1 Å². The Kier molecular flexibility index (Phi) is 5.99. The quantitative estimate of drug-likeness (QED) is 0.570. The summed E-state index contributed by atoms with van der Waals surface area (Å²) in [7, 11) is -3.84. The van der Waals surface area contributed by atoms with Gasteiger partial charge in [-0.15, -0.1) is 0 Å². The van der Waals surface area contributed by atoms with Gasteiger partial charge in [-0.2, -0.15) is 5.10 Å². The van der Waals surface area contributed by atoms with Crippen LogP contribution in [0.15, 0.2) is 82.8 Å². The van der Waals surface area contributed by atoms with Crippen LogP contribution in [-0.2, 0) is 14.8 Å². The molecule has 32 heavy (non-hydrogen) atoms. The van der Waals surface area contributed by atoms with Crippen molar-refractivity contribution in [3.8, 4) is 0 Å². The average Bonchev–Trinajstić information content (AvgIpc) is 3.19. The minimum Gasteiger partial charge on any atom is -0.279 e. The number of rotatable bonds is 5. The summed E-state index contributed by atoms with van der Waals surface area (Å²) >= 11 is 6.24. The molecule has 1 aliphatic rings. The third kappa shape index (κ3) is 4.24. The molecule has 1 aliphatic heterocycles. The Morgan fingerprint density at radius 1 is 1.06 bits per heavy atom. The zero-order valence-electron chi connectivity index (χ0n) is 17.0. The maximum atomic E-state index is 14.6. The summed E-state index contributed by atoms with van der Waals surface area (Å²) in [6.07, 6.45) is 0.171. The molecular weight excluding hydrogens is 453 g/mol. The molecule has 4 rings (SSSR count). The first-order chi connectivity index (χ1) is 15.3. The molecule has 3 aromatic carbocycles. The highest BCUT2D eigenvalue weighted by Crippen LogP contribution is 2.38. The third-order valence-corrected chi connectivity index (χ3v) is 6.81.